The van der Waals surface area contributed by atoms with Gasteiger partial charge in [0.15, 0.2) is 6.10 Å². The van der Waals surface area contributed by atoms with Crippen LogP contribution in [0.25, 0.3) is 0 Å². The van der Waals surface area contributed by atoms with Crippen molar-refractivity contribution in [1.82, 2.24) is 20.5 Å². The molecule has 1 fully saturated rings. The van der Waals surface area contributed by atoms with Gasteiger partial charge in [-0.2, -0.15) is 5.10 Å². The van der Waals surface area contributed by atoms with Gasteiger partial charge in [0, 0.05) is 0 Å². The lowest BCUT2D eigenvalue weighted by Gasteiger charge is -2.15. The first-order valence-electron chi connectivity index (χ1n) is 5.62. The molecule has 8 nitrogen and oxygen atoms in total. The molecule has 1 aromatic heterocycles. The topological polar surface area (TPSA) is 117 Å². The van der Waals surface area contributed by atoms with Crippen molar-refractivity contribution in [3.8, 4) is 0 Å². The number of aromatic amines is 1. The highest BCUT2D eigenvalue weighted by molar-refractivity contribution is 5.82. The van der Waals surface area contributed by atoms with E-state index >= 15 is 0 Å². The monoisotopic (exact) mass is 254 g/mol. The Morgan fingerprint density at radius 3 is 2.83 bits per heavy atom. The van der Waals surface area contributed by atoms with E-state index in [2.05, 4.69) is 20.5 Å². The quantitative estimate of drug-likeness (QED) is 0.673. The summed E-state index contributed by atoms with van der Waals surface area (Å²) in [5.74, 6) is -0.827. The highest BCUT2D eigenvalue weighted by Gasteiger charge is 2.35. The zero-order valence-corrected chi connectivity index (χ0v) is 9.79. The van der Waals surface area contributed by atoms with E-state index in [0.717, 1.165) is 0 Å². The predicted octanol–water partition coefficient (Wildman–Crippen LogP) is -0.386. The first-order chi connectivity index (χ1) is 8.58. The van der Waals surface area contributed by atoms with Crippen LogP contribution in [0, 0.1) is 0 Å². The van der Waals surface area contributed by atoms with E-state index in [1.807, 2.05) is 0 Å². The second-order valence-electron chi connectivity index (χ2n) is 4.13. The van der Waals surface area contributed by atoms with Gasteiger partial charge < -0.3 is 15.2 Å². The maximum Gasteiger partial charge on any atom is 0.332 e. The van der Waals surface area contributed by atoms with Crippen molar-refractivity contribution >= 4 is 11.9 Å². The van der Waals surface area contributed by atoms with E-state index in [4.69, 9.17) is 9.84 Å². The van der Waals surface area contributed by atoms with Crippen molar-refractivity contribution in [2.45, 2.75) is 38.0 Å². The number of carbonyl (C=O) groups is 2. The van der Waals surface area contributed by atoms with Gasteiger partial charge in [0.2, 0.25) is 5.91 Å². The minimum atomic E-state index is -1.03. The summed E-state index contributed by atoms with van der Waals surface area (Å²) in [4.78, 5) is 26.4. The molecule has 2 heterocycles. The standard InChI is InChI=1S/C10H14N4O4/c1-5(8-11-4-12-14-8)13-9(15)6-2-3-7(18-6)10(16)17/h4-7H,2-3H2,1H3,(H,13,15)(H,16,17)(H,11,12,14). The van der Waals surface area contributed by atoms with Gasteiger partial charge in [0.25, 0.3) is 0 Å². The summed E-state index contributed by atoms with van der Waals surface area (Å²) in [6.45, 7) is 1.75. The highest BCUT2D eigenvalue weighted by Crippen LogP contribution is 2.20. The van der Waals surface area contributed by atoms with Crippen molar-refractivity contribution in [3.63, 3.8) is 0 Å². The van der Waals surface area contributed by atoms with E-state index in [0.29, 0.717) is 18.7 Å². The predicted molar refractivity (Wildman–Crippen MR) is 58.5 cm³/mol. The lowest BCUT2D eigenvalue weighted by atomic mass is 10.2. The van der Waals surface area contributed by atoms with E-state index in [1.54, 1.807) is 6.92 Å². The Kier molecular flexibility index (Phi) is 3.56. The molecule has 3 unspecified atom stereocenters. The Hall–Kier alpha value is -1.96. The van der Waals surface area contributed by atoms with Gasteiger partial charge >= 0.3 is 5.97 Å². The van der Waals surface area contributed by atoms with E-state index in [-0.39, 0.29) is 11.9 Å². The van der Waals surface area contributed by atoms with Crippen LogP contribution in [0.1, 0.15) is 31.6 Å². The smallest absolute Gasteiger partial charge is 0.332 e. The maximum atomic E-state index is 11.8. The number of hydrogen-bond donors (Lipinski definition) is 3. The Bertz CT molecular complexity index is 433. The van der Waals surface area contributed by atoms with Crippen LogP contribution in [-0.4, -0.2) is 44.4 Å². The zero-order chi connectivity index (χ0) is 13.1. The number of H-pyrrole nitrogens is 1. The second-order valence-corrected chi connectivity index (χ2v) is 4.13. The number of carboxylic acid groups (broad SMARTS) is 1. The first-order valence-corrected chi connectivity index (χ1v) is 5.62. The SMILES string of the molecule is CC(NC(=O)C1CCC(C(=O)O)O1)c1ncn[nH]1. The number of nitrogens with zero attached hydrogens (tertiary/aromatic N) is 2. The van der Waals surface area contributed by atoms with Gasteiger partial charge in [-0.1, -0.05) is 0 Å². The molecule has 3 N–H and O–H groups in total. The molecule has 0 saturated carbocycles. The van der Waals surface area contributed by atoms with Crippen LogP contribution in [0.5, 0.6) is 0 Å². The molecule has 1 aromatic rings. The molecule has 0 radical (unpaired) electrons. The van der Waals surface area contributed by atoms with Crippen LogP contribution in [0.4, 0.5) is 0 Å². The van der Waals surface area contributed by atoms with Crippen molar-refractivity contribution in [1.29, 1.82) is 0 Å². The molecule has 0 aromatic carbocycles. The lowest BCUT2D eigenvalue weighted by Crippen LogP contribution is -2.37. The third-order valence-corrected chi connectivity index (χ3v) is 2.79. The summed E-state index contributed by atoms with van der Waals surface area (Å²) in [7, 11) is 0. The summed E-state index contributed by atoms with van der Waals surface area (Å²) in [6.07, 6.45) is 0.512. The molecule has 1 saturated heterocycles. The fourth-order valence-corrected chi connectivity index (χ4v) is 1.81. The lowest BCUT2D eigenvalue weighted by molar-refractivity contribution is -0.151. The molecule has 98 valence electrons. The minimum absolute atomic E-state index is 0.326. The second kappa shape index (κ2) is 5.13. The van der Waals surface area contributed by atoms with Gasteiger partial charge in [0.1, 0.15) is 18.3 Å². The molecule has 0 aliphatic carbocycles. The molecule has 0 spiro atoms. The van der Waals surface area contributed by atoms with Crippen molar-refractivity contribution < 1.29 is 19.4 Å². The Morgan fingerprint density at radius 2 is 2.28 bits per heavy atom. The van der Waals surface area contributed by atoms with Crippen LogP contribution in [-0.2, 0) is 14.3 Å². The molecule has 0 bridgehead atoms. The van der Waals surface area contributed by atoms with E-state index < -0.39 is 18.2 Å². The average Bonchev–Trinajstić information content (AvgIpc) is 3.00. The molecular formula is C10H14N4O4. The number of hydrogen-bond acceptors (Lipinski definition) is 5. The van der Waals surface area contributed by atoms with Crippen molar-refractivity contribution in [2.24, 2.45) is 0 Å². The van der Waals surface area contributed by atoms with Crippen molar-refractivity contribution in [3.05, 3.63) is 12.2 Å². The average molecular weight is 254 g/mol. The number of rotatable bonds is 4. The number of amides is 1. The zero-order valence-electron chi connectivity index (χ0n) is 9.79. The van der Waals surface area contributed by atoms with Crippen LogP contribution in [0.15, 0.2) is 6.33 Å². The van der Waals surface area contributed by atoms with Crippen LogP contribution < -0.4 is 5.32 Å². The Morgan fingerprint density at radius 1 is 1.56 bits per heavy atom. The highest BCUT2D eigenvalue weighted by atomic mass is 16.5. The van der Waals surface area contributed by atoms with E-state index in [1.165, 1.54) is 6.33 Å². The molecule has 1 aliphatic heterocycles. The van der Waals surface area contributed by atoms with Gasteiger partial charge in [-0.25, -0.2) is 9.78 Å². The third-order valence-electron chi connectivity index (χ3n) is 2.79. The number of aliphatic carboxylic acids is 1. The first kappa shape index (κ1) is 12.5. The molecule has 2 rings (SSSR count). The third kappa shape index (κ3) is 2.65. The summed E-state index contributed by atoms with van der Waals surface area (Å²) < 4.78 is 5.15. The molecule has 3 atom stereocenters. The molecular weight excluding hydrogens is 240 g/mol. The number of carbonyl (C=O) groups excluding carboxylic acids is 1. The summed E-state index contributed by atoms with van der Waals surface area (Å²) in [5.41, 5.74) is 0. The normalized spacial score (nSPS) is 24.7. The van der Waals surface area contributed by atoms with Gasteiger partial charge in [-0.3, -0.25) is 9.89 Å². The fraction of sp³-hybridized carbons (Fsp3) is 0.600. The molecule has 1 amide bonds. The van der Waals surface area contributed by atoms with Crippen molar-refractivity contribution in [2.75, 3.05) is 0 Å². The summed E-state index contributed by atoms with van der Waals surface area (Å²) in [5, 5.41) is 17.8. The summed E-state index contributed by atoms with van der Waals surface area (Å²) >= 11 is 0. The molecule has 8 heteroatoms. The van der Waals surface area contributed by atoms with Crippen LogP contribution >= 0.6 is 0 Å². The van der Waals surface area contributed by atoms with Gasteiger partial charge in [0.05, 0.1) is 6.04 Å². The molecule has 18 heavy (non-hydrogen) atoms. The number of ether oxygens (including phenoxy) is 1. The minimum Gasteiger partial charge on any atom is -0.479 e. The van der Waals surface area contributed by atoms with E-state index in [9.17, 15) is 9.59 Å². The summed E-state index contributed by atoms with van der Waals surface area (Å²) in [6, 6.07) is -0.326. The maximum absolute atomic E-state index is 11.8. The van der Waals surface area contributed by atoms with Gasteiger partial charge in [-0.15, -0.1) is 0 Å². The molecule has 1 aliphatic rings. The van der Waals surface area contributed by atoms with Crippen LogP contribution in [0.3, 0.4) is 0 Å². The van der Waals surface area contributed by atoms with Gasteiger partial charge in [-0.05, 0) is 19.8 Å². The number of aromatic nitrogens is 3. The fourth-order valence-electron chi connectivity index (χ4n) is 1.81. The number of nitrogens with one attached hydrogen (secondary N) is 2. The Labute approximate surface area is 103 Å². The number of carboxylic acids is 1. The van der Waals surface area contributed by atoms with Crippen LogP contribution in [0.2, 0.25) is 0 Å². The largest absolute Gasteiger partial charge is 0.479 e. The Balaban J connectivity index is 1.87.